The molecular weight excluding hydrogens is 430 g/mol. The molecule has 0 radical (unpaired) electrons. The lowest BCUT2D eigenvalue weighted by atomic mass is 10.00. The molecule has 1 atom stereocenters. The van der Waals surface area contributed by atoms with Gasteiger partial charge in [0.05, 0.1) is 11.6 Å². The van der Waals surface area contributed by atoms with E-state index in [9.17, 15) is 14.7 Å². The number of ketones is 1. The zero-order valence-electron chi connectivity index (χ0n) is 14.4. The third kappa shape index (κ3) is 3.00. The van der Waals surface area contributed by atoms with Gasteiger partial charge in [0, 0.05) is 21.3 Å². The van der Waals surface area contributed by atoms with E-state index in [2.05, 4.69) is 15.9 Å². The van der Waals surface area contributed by atoms with E-state index < -0.39 is 23.5 Å². The van der Waals surface area contributed by atoms with Gasteiger partial charge in [-0.15, -0.1) is 11.3 Å². The summed E-state index contributed by atoms with van der Waals surface area (Å²) in [5, 5.41) is 13.2. The number of fused-ring (bicyclic) bond motifs is 1. The minimum atomic E-state index is -0.593. The number of Topliss-reactive ketones (excluding diaryl/α,β-unsaturated/α-hetero) is 1. The molecule has 1 aliphatic rings. The summed E-state index contributed by atoms with van der Waals surface area (Å²) in [6.45, 7) is 2.40. The van der Waals surface area contributed by atoms with Crippen LogP contribution in [0, 0.1) is 0 Å². The third-order valence-electron chi connectivity index (χ3n) is 4.53. The molecule has 0 saturated heterocycles. The van der Waals surface area contributed by atoms with Gasteiger partial charge < -0.3 is 14.4 Å². The van der Waals surface area contributed by atoms with Crippen LogP contribution in [0.25, 0.3) is 11.0 Å². The molecule has 0 bridgehead atoms. The highest BCUT2D eigenvalue weighted by Crippen LogP contribution is 2.41. The van der Waals surface area contributed by atoms with Crippen molar-refractivity contribution in [2.45, 2.75) is 19.4 Å². The molecule has 0 saturated carbocycles. The van der Waals surface area contributed by atoms with Gasteiger partial charge in [-0.3, -0.25) is 9.59 Å². The van der Waals surface area contributed by atoms with Gasteiger partial charge in [-0.05, 0) is 42.1 Å². The third-order valence-corrected chi connectivity index (χ3v) is 5.95. The number of benzene rings is 1. The Morgan fingerprint density at radius 2 is 2.15 bits per heavy atom. The number of aliphatic hydroxyl groups is 1. The van der Waals surface area contributed by atoms with Crippen LogP contribution in [0.15, 0.2) is 62.0 Å². The Balaban J connectivity index is 1.80. The molecule has 27 heavy (non-hydrogen) atoms. The van der Waals surface area contributed by atoms with Gasteiger partial charge in [-0.2, -0.15) is 0 Å². The van der Waals surface area contributed by atoms with Crippen molar-refractivity contribution in [1.82, 2.24) is 4.90 Å². The van der Waals surface area contributed by atoms with Crippen molar-refractivity contribution in [3.05, 3.63) is 68.2 Å². The van der Waals surface area contributed by atoms with Crippen LogP contribution < -0.4 is 0 Å². The van der Waals surface area contributed by atoms with E-state index >= 15 is 0 Å². The maximum absolute atomic E-state index is 13.2. The topological polar surface area (TPSA) is 70.8 Å². The smallest absolute Gasteiger partial charge is 0.290 e. The van der Waals surface area contributed by atoms with Crippen LogP contribution in [-0.2, 0) is 4.79 Å². The van der Waals surface area contributed by atoms with Gasteiger partial charge in [-0.1, -0.05) is 28.9 Å². The number of nitrogens with zero attached hydrogens (tertiary/aromatic N) is 1. The van der Waals surface area contributed by atoms with Crippen LogP contribution in [0.4, 0.5) is 0 Å². The summed E-state index contributed by atoms with van der Waals surface area (Å²) < 4.78 is 6.57. The lowest BCUT2D eigenvalue weighted by Gasteiger charge is -2.24. The van der Waals surface area contributed by atoms with E-state index in [0.29, 0.717) is 12.1 Å². The summed E-state index contributed by atoms with van der Waals surface area (Å²) in [7, 11) is 0. The zero-order valence-corrected chi connectivity index (χ0v) is 16.8. The second kappa shape index (κ2) is 6.98. The van der Waals surface area contributed by atoms with Gasteiger partial charge in [-0.25, -0.2) is 0 Å². The lowest BCUT2D eigenvalue weighted by Crippen LogP contribution is -2.31. The molecule has 5 nitrogen and oxygen atoms in total. The van der Waals surface area contributed by atoms with Gasteiger partial charge in [0.15, 0.2) is 11.5 Å². The SMILES string of the molecule is CCCN1C(=O)C(O)=C(C(=O)c2cc3cc(Br)ccc3o2)C1c1cccs1. The number of furan rings is 1. The fourth-order valence-electron chi connectivity index (χ4n) is 3.36. The van der Waals surface area contributed by atoms with Crippen LogP contribution in [-0.4, -0.2) is 28.2 Å². The van der Waals surface area contributed by atoms with Crippen LogP contribution >= 0.6 is 27.3 Å². The lowest BCUT2D eigenvalue weighted by molar-refractivity contribution is -0.129. The Morgan fingerprint density at radius 3 is 2.85 bits per heavy atom. The number of thiophene rings is 1. The van der Waals surface area contributed by atoms with Crippen LogP contribution in [0.5, 0.6) is 0 Å². The maximum Gasteiger partial charge on any atom is 0.290 e. The van der Waals surface area contributed by atoms with E-state index in [1.165, 1.54) is 11.3 Å². The number of halogens is 1. The molecule has 138 valence electrons. The molecule has 1 N–H and O–H groups in total. The molecule has 0 spiro atoms. The Hall–Kier alpha value is -2.38. The maximum atomic E-state index is 13.2. The summed E-state index contributed by atoms with van der Waals surface area (Å²) in [4.78, 5) is 28.2. The fraction of sp³-hybridized carbons (Fsp3) is 0.200. The Morgan fingerprint density at radius 1 is 1.33 bits per heavy atom. The first-order chi connectivity index (χ1) is 13.0. The summed E-state index contributed by atoms with van der Waals surface area (Å²) >= 11 is 4.85. The van der Waals surface area contributed by atoms with Gasteiger partial charge in [0.1, 0.15) is 5.58 Å². The molecule has 1 unspecified atom stereocenters. The number of carbonyl (C=O) groups excluding carboxylic acids is 2. The highest BCUT2D eigenvalue weighted by atomic mass is 79.9. The molecule has 2 aromatic heterocycles. The highest BCUT2D eigenvalue weighted by molar-refractivity contribution is 9.10. The van der Waals surface area contributed by atoms with E-state index in [-0.39, 0.29) is 11.3 Å². The average Bonchev–Trinajstić information content (AvgIpc) is 3.36. The number of aliphatic hydroxyl groups excluding tert-OH is 1. The van der Waals surface area contributed by atoms with Crippen LogP contribution in [0.3, 0.4) is 0 Å². The molecule has 0 aliphatic carbocycles. The second-order valence-corrected chi connectivity index (χ2v) is 8.20. The van der Waals surface area contributed by atoms with E-state index in [1.807, 2.05) is 36.6 Å². The molecule has 1 amide bonds. The molecule has 1 aliphatic heterocycles. The standard InChI is InChI=1S/C20H16BrNO4S/c1-2-7-22-17(15-4-3-8-27-15)16(19(24)20(22)25)18(23)14-10-11-9-12(21)5-6-13(11)26-14/h3-6,8-10,17,24H,2,7H2,1H3. The summed E-state index contributed by atoms with van der Waals surface area (Å²) in [6, 6.07) is 10.2. The predicted molar refractivity (Wildman–Crippen MR) is 107 cm³/mol. The van der Waals surface area contributed by atoms with E-state index in [1.54, 1.807) is 17.0 Å². The highest BCUT2D eigenvalue weighted by Gasteiger charge is 2.44. The molecule has 4 rings (SSSR count). The van der Waals surface area contributed by atoms with Crippen LogP contribution in [0.1, 0.15) is 34.8 Å². The molecule has 3 heterocycles. The minimum Gasteiger partial charge on any atom is -0.503 e. The largest absolute Gasteiger partial charge is 0.503 e. The summed E-state index contributed by atoms with van der Waals surface area (Å²) in [5.74, 6) is -1.37. The first-order valence-corrected chi connectivity index (χ1v) is 10.2. The summed E-state index contributed by atoms with van der Waals surface area (Å²) in [5.41, 5.74) is 0.651. The van der Waals surface area contributed by atoms with E-state index in [0.717, 1.165) is 21.2 Å². The quantitative estimate of drug-likeness (QED) is 0.544. The van der Waals surface area contributed by atoms with E-state index in [4.69, 9.17) is 4.42 Å². The number of rotatable bonds is 5. The van der Waals surface area contributed by atoms with Crippen molar-refractivity contribution in [3.8, 4) is 0 Å². The number of hydrogen-bond donors (Lipinski definition) is 1. The van der Waals surface area contributed by atoms with Crippen molar-refractivity contribution in [1.29, 1.82) is 0 Å². The number of amides is 1. The zero-order chi connectivity index (χ0) is 19.1. The molecule has 0 fully saturated rings. The van der Waals surface area contributed by atoms with Crippen molar-refractivity contribution in [3.63, 3.8) is 0 Å². The molecule has 1 aromatic carbocycles. The first kappa shape index (κ1) is 18.0. The Labute approximate surface area is 168 Å². The van der Waals surface area contributed by atoms with Crippen molar-refractivity contribution >= 4 is 49.9 Å². The molecular formula is C20H16BrNO4S. The molecule has 7 heteroatoms. The minimum absolute atomic E-state index is 0.0778. The first-order valence-electron chi connectivity index (χ1n) is 8.52. The Bertz CT molecular complexity index is 1070. The average molecular weight is 446 g/mol. The Kier molecular flexibility index (Phi) is 4.65. The predicted octanol–water partition coefficient (Wildman–Crippen LogP) is 5.25. The summed E-state index contributed by atoms with van der Waals surface area (Å²) in [6.07, 6.45) is 0.723. The fourth-order valence-corrected chi connectivity index (χ4v) is 4.58. The van der Waals surface area contributed by atoms with Crippen LogP contribution in [0.2, 0.25) is 0 Å². The number of hydrogen-bond acceptors (Lipinski definition) is 5. The van der Waals surface area contributed by atoms with Crippen molar-refractivity contribution in [2.24, 2.45) is 0 Å². The van der Waals surface area contributed by atoms with Crippen molar-refractivity contribution < 1.29 is 19.1 Å². The monoisotopic (exact) mass is 445 g/mol. The second-order valence-electron chi connectivity index (χ2n) is 6.30. The van der Waals surface area contributed by atoms with Gasteiger partial charge in [0.25, 0.3) is 5.91 Å². The van der Waals surface area contributed by atoms with Crippen molar-refractivity contribution in [2.75, 3.05) is 6.54 Å². The van der Waals surface area contributed by atoms with Gasteiger partial charge >= 0.3 is 0 Å². The molecule has 3 aromatic rings. The van der Waals surface area contributed by atoms with Gasteiger partial charge in [0.2, 0.25) is 5.78 Å². The normalized spacial score (nSPS) is 17.3. The number of carbonyl (C=O) groups is 2.